The molecule has 0 spiro atoms. The molecule has 1 aromatic heterocycles. The van der Waals surface area contributed by atoms with Crippen LogP contribution in [0.1, 0.15) is 20.8 Å². The summed E-state index contributed by atoms with van der Waals surface area (Å²) in [6.45, 7) is 5.41. The Morgan fingerprint density at radius 3 is 2.58 bits per heavy atom. The Morgan fingerprint density at radius 2 is 1.92 bits per heavy atom. The number of rotatable bonds is 6. The van der Waals surface area contributed by atoms with E-state index in [9.17, 15) is 13.2 Å². The second-order valence-electron chi connectivity index (χ2n) is 6.34. The third-order valence-electron chi connectivity index (χ3n) is 2.97. The van der Waals surface area contributed by atoms with E-state index >= 15 is 0 Å². The van der Waals surface area contributed by atoms with Gasteiger partial charge in [-0.1, -0.05) is 35.4 Å². The van der Waals surface area contributed by atoms with Gasteiger partial charge in [-0.3, -0.25) is 0 Å². The van der Waals surface area contributed by atoms with Crippen LogP contribution in [0.15, 0.2) is 47.6 Å². The molecule has 2 aromatic rings. The summed E-state index contributed by atoms with van der Waals surface area (Å²) < 4.78 is 31.1. The van der Waals surface area contributed by atoms with Crippen LogP contribution in [0, 0.1) is 0 Å². The van der Waals surface area contributed by atoms with E-state index in [4.69, 9.17) is 4.74 Å². The van der Waals surface area contributed by atoms with E-state index < -0.39 is 21.5 Å². The fraction of sp³-hybridized carbons (Fsp3) is 0.375. The lowest BCUT2D eigenvalue weighted by Crippen LogP contribution is -2.32. The number of carbonyl (C=O) groups excluding carboxylic acids is 1. The molecule has 0 unspecified atom stereocenters. The highest BCUT2D eigenvalue weighted by Gasteiger charge is 2.22. The normalized spacial score (nSPS) is 12.3. The van der Waals surface area contributed by atoms with Gasteiger partial charge in [-0.05, 0) is 43.3 Å². The molecule has 0 radical (unpaired) electrons. The van der Waals surface area contributed by atoms with E-state index in [0.717, 1.165) is 0 Å². The second-order valence-corrected chi connectivity index (χ2v) is 8.27. The fourth-order valence-electron chi connectivity index (χ4n) is 1.91. The quantitative estimate of drug-likeness (QED) is 0.756. The largest absolute Gasteiger partial charge is 0.444 e. The van der Waals surface area contributed by atoms with Gasteiger partial charge in [0.05, 0.1) is 11.4 Å². The number of carbonyl (C=O) groups is 1. The molecule has 0 aliphatic heterocycles. The van der Waals surface area contributed by atoms with Gasteiger partial charge in [0.1, 0.15) is 5.60 Å². The van der Waals surface area contributed by atoms with E-state index in [1.807, 2.05) is 6.07 Å². The van der Waals surface area contributed by atoms with Gasteiger partial charge in [-0.25, -0.2) is 13.2 Å². The molecule has 2 rings (SSSR count). The first-order valence-electron chi connectivity index (χ1n) is 7.87. The SMILES string of the molecule is CC(C)(C)OC(=O)NC/C=C/CS(=O)(=O)c1nnnn1-c1ccccc1. The lowest BCUT2D eigenvalue weighted by atomic mass is 10.2. The Morgan fingerprint density at radius 1 is 1.23 bits per heavy atom. The summed E-state index contributed by atoms with van der Waals surface area (Å²) in [6.07, 6.45) is 2.38. The van der Waals surface area contributed by atoms with Crippen LogP contribution in [0.3, 0.4) is 0 Å². The van der Waals surface area contributed by atoms with Crippen molar-refractivity contribution in [1.29, 1.82) is 0 Å². The van der Waals surface area contributed by atoms with Crippen molar-refractivity contribution in [3.05, 3.63) is 42.5 Å². The molecule has 1 aromatic carbocycles. The van der Waals surface area contributed by atoms with Crippen molar-refractivity contribution >= 4 is 15.9 Å². The molecule has 9 nitrogen and oxygen atoms in total. The van der Waals surface area contributed by atoms with Gasteiger partial charge in [-0.2, -0.15) is 4.68 Å². The molecule has 0 atom stereocenters. The van der Waals surface area contributed by atoms with Crippen molar-refractivity contribution in [2.24, 2.45) is 0 Å². The standard InChI is InChI=1S/C16H21N5O4S/c1-16(2,3)25-15(22)17-11-7-8-12-26(23,24)14-18-19-20-21(14)13-9-5-4-6-10-13/h4-10H,11-12H2,1-3H3,(H,17,22)/b8-7+. The molecule has 1 amide bonds. The second kappa shape index (κ2) is 8.09. The summed E-state index contributed by atoms with van der Waals surface area (Å²) in [6, 6.07) is 8.74. The van der Waals surface area contributed by atoms with Crippen LogP contribution in [-0.2, 0) is 14.6 Å². The maximum Gasteiger partial charge on any atom is 0.407 e. The number of tetrazole rings is 1. The zero-order valence-corrected chi connectivity index (χ0v) is 15.6. The number of nitrogens with zero attached hydrogens (tertiary/aromatic N) is 4. The van der Waals surface area contributed by atoms with Crippen molar-refractivity contribution in [2.75, 3.05) is 12.3 Å². The van der Waals surface area contributed by atoms with Crippen molar-refractivity contribution in [2.45, 2.75) is 31.5 Å². The monoisotopic (exact) mass is 379 g/mol. The predicted octanol–water partition coefficient (Wildman–Crippen LogP) is 1.52. The summed E-state index contributed by atoms with van der Waals surface area (Å²) in [4.78, 5) is 11.5. The smallest absolute Gasteiger partial charge is 0.407 e. The van der Waals surface area contributed by atoms with Crippen molar-refractivity contribution in [3.63, 3.8) is 0 Å². The van der Waals surface area contributed by atoms with Gasteiger partial charge in [0.15, 0.2) is 0 Å². The van der Waals surface area contributed by atoms with Gasteiger partial charge >= 0.3 is 6.09 Å². The number of benzene rings is 1. The molecule has 1 heterocycles. The number of nitrogens with one attached hydrogen (secondary N) is 1. The molecule has 26 heavy (non-hydrogen) atoms. The van der Waals surface area contributed by atoms with Crippen molar-refractivity contribution in [1.82, 2.24) is 25.5 Å². The molecule has 0 saturated heterocycles. The maximum atomic E-state index is 12.4. The molecular weight excluding hydrogens is 358 g/mol. The minimum Gasteiger partial charge on any atom is -0.444 e. The molecule has 0 fully saturated rings. The van der Waals surface area contributed by atoms with Gasteiger partial charge in [0.2, 0.25) is 9.84 Å². The summed E-state index contributed by atoms with van der Waals surface area (Å²) in [5.74, 6) is -0.295. The highest BCUT2D eigenvalue weighted by atomic mass is 32.2. The summed E-state index contributed by atoms with van der Waals surface area (Å²) >= 11 is 0. The van der Waals surface area contributed by atoms with E-state index in [2.05, 4.69) is 20.8 Å². The number of sulfone groups is 1. The number of para-hydroxylation sites is 1. The number of aromatic nitrogens is 4. The van der Waals surface area contributed by atoms with Gasteiger partial charge < -0.3 is 10.1 Å². The number of ether oxygens (including phenoxy) is 1. The van der Waals surface area contributed by atoms with Gasteiger partial charge in [0, 0.05) is 6.54 Å². The molecule has 1 N–H and O–H groups in total. The van der Waals surface area contributed by atoms with Crippen molar-refractivity contribution in [3.8, 4) is 5.69 Å². The predicted molar refractivity (Wildman–Crippen MR) is 94.6 cm³/mol. The van der Waals surface area contributed by atoms with Crippen LogP contribution in [0.4, 0.5) is 4.79 Å². The molecular formula is C16H21N5O4S. The first-order valence-corrected chi connectivity index (χ1v) is 9.53. The van der Waals surface area contributed by atoms with E-state index in [0.29, 0.717) is 5.69 Å². The van der Waals surface area contributed by atoms with Gasteiger partial charge in [-0.15, -0.1) is 0 Å². The molecule has 0 aliphatic rings. The van der Waals surface area contributed by atoms with Crippen LogP contribution < -0.4 is 5.32 Å². The lowest BCUT2D eigenvalue weighted by molar-refractivity contribution is 0.0534. The summed E-state index contributed by atoms with van der Waals surface area (Å²) in [5, 5.41) is 13.1. The minimum absolute atomic E-state index is 0.147. The van der Waals surface area contributed by atoms with E-state index in [1.54, 1.807) is 45.0 Å². The topological polar surface area (TPSA) is 116 Å². The molecule has 0 aliphatic carbocycles. The maximum absolute atomic E-state index is 12.4. The molecule has 0 bridgehead atoms. The Hall–Kier alpha value is -2.75. The molecule has 10 heteroatoms. The molecule has 0 saturated carbocycles. The Balaban J connectivity index is 1.96. The van der Waals surface area contributed by atoms with E-state index in [1.165, 1.54) is 16.8 Å². The minimum atomic E-state index is -3.73. The first kappa shape index (κ1) is 19.6. The summed E-state index contributed by atoms with van der Waals surface area (Å²) in [5.41, 5.74) is -0.0438. The number of hydrogen-bond donors (Lipinski definition) is 1. The third-order valence-corrected chi connectivity index (χ3v) is 4.41. The van der Waals surface area contributed by atoms with Crippen LogP contribution >= 0.6 is 0 Å². The number of amides is 1. The first-order chi connectivity index (χ1) is 12.2. The lowest BCUT2D eigenvalue weighted by Gasteiger charge is -2.19. The van der Waals surface area contributed by atoms with E-state index in [-0.39, 0.29) is 17.5 Å². The summed E-state index contributed by atoms with van der Waals surface area (Å²) in [7, 11) is -3.73. The number of hydrogen-bond acceptors (Lipinski definition) is 7. The average molecular weight is 379 g/mol. The van der Waals surface area contributed by atoms with Crippen molar-refractivity contribution < 1.29 is 17.9 Å². The third kappa shape index (κ3) is 5.66. The van der Waals surface area contributed by atoms with Crippen LogP contribution in [0.5, 0.6) is 0 Å². The fourth-order valence-corrected chi connectivity index (χ4v) is 3.02. The van der Waals surface area contributed by atoms with Crippen LogP contribution in [-0.4, -0.2) is 52.6 Å². The highest BCUT2D eigenvalue weighted by molar-refractivity contribution is 7.91. The zero-order valence-electron chi connectivity index (χ0n) is 14.8. The Labute approximate surface area is 152 Å². The average Bonchev–Trinajstić information content (AvgIpc) is 3.04. The van der Waals surface area contributed by atoms with Crippen LogP contribution in [0.25, 0.3) is 5.69 Å². The van der Waals surface area contributed by atoms with Crippen LogP contribution in [0.2, 0.25) is 0 Å². The molecule has 140 valence electrons. The number of alkyl carbamates (subject to hydrolysis) is 1. The Bertz CT molecular complexity index is 870. The zero-order chi connectivity index (χ0) is 19.2. The van der Waals surface area contributed by atoms with Gasteiger partial charge in [0.25, 0.3) is 5.16 Å². The highest BCUT2D eigenvalue weighted by Crippen LogP contribution is 2.13. The Kier molecular flexibility index (Phi) is 6.09.